The summed E-state index contributed by atoms with van der Waals surface area (Å²) in [7, 11) is 0. The van der Waals surface area contributed by atoms with Gasteiger partial charge in [-0.3, -0.25) is 19.4 Å². The maximum atomic E-state index is 12.2. The molecule has 14 heteroatoms. The Morgan fingerprint density at radius 2 is 1.79 bits per heavy atom. The molecule has 0 radical (unpaired) electrons. The number of hydrazone groups is 1. The third-order valence-corrected chi connectivity index (χ3v) is 7.70. The number of carbonyl (C=O) groups is 3. The molecule has 3 unspecified atom stereocenters. The van der Waals surface area contributed by atoms with Crippen molar-refractivity contribution in [3.8, 4) is 0 Å². The van der Waals surface area contributed by atoms with Gasteiger partial charge in [-0.2, -0.15) is 16.4 Å². The van der Waals surface area contributed by atoms with Gasteiger partial charge < -0.3 is 24.8 Å². The highest BCUT2D eigenvalue weighted by Crippen LogP contribution is 2.39. The van der Waals surface area contributed by atoms with E-state index in [1.54, 1.807) is 18.2 Å². The zero-order valence-corrected chi connectivity index (χ0v) is 23.7. The summed E-state index contributed by atoms with van der Waals surface area (Å²) in [5.41, 5.74) is 0.204. The van der Waals surface area contributed by atoms with Crippen molar-refractivity contribution in [1.82, 2.24) is 0 Å². The summed E-state index contributed by atoms with van der Waals surface area (Å²) < 4.78 is 22.6. The van der Waals surface area contributed by atoms with E-state index in [9.17, 15) is 14.4 Å². The van der Waals surface area contributed by atoms with Crippen LogP contribution in [0.4, 0.5) is 0 Å². The highest BCUT2D eigenvalue weighted by Gasteiger charge is 2.50. The lowest BCUT2D eigenvalue weighted by atomic mass is 9.97. The number of nitrogens with two attached hydrogens (primary N) is 1. The standard InChI is InChI=1S/C24H25Cl2N3O7S2/c1-12(30)33-10-20-22(34-13(2)31)21(28-9-19(29-27)15-6-7-37-11-15)23(35-14(3)32)24(36-20)38-16-4-5-17(25)18(26)8-16/h4-9,11,20-24H,10,27H2,1-3H3/t20?,21?,22-,23?,24+/m0/s1. The van der Waals surface area contributed by atoms with Crippen molar-refractivity contribution in [3.05, 3.63) is 50.6 Å². The van der Waals surface area contributed by atoms with E-state index in [4.69, 9.17) is 48.0 Å². The fourth-order valence-corrected chi connectivity index (χ4v) is 5.74. The highest BCUT2D eigenvalue weighted by atomic mass is 35.5. The van der Waals surface area contributed by atoms with Crippen LogP contribution in [0.1, 0.15) is 26.3 Å². The number of thiophene rings is 1. The second-order valence-electron chi connectivity index (χ2n) is 7.98. The number of aliphatic imine (C=N–C) groups is 1. The topological polar surface area (TPSA) is 139 Å². The summed E-state index contributed by atoms with van der Waals surface area (Å²) in [6, 6.07) is 5.81. The zero-order chi connectivity index (χ0) is 27.8. The quantitative estimate of drug-likeness (QED) is 0.148. The maximum Gasteiger partial charge on any atom is 0.303 e. The Hall–Kier alpha value is -2.64. The van der Waals surface area contributed by atoms with Gasteiger partial charge in [-0.05, 0) is 29.6 Å². The van der Waals surface area contributed by atoms with Crippen LogP contribution in [0.5, 0.6) is 0 Å². The normalized spacial score (nSPS) is 23.7. The molecule has 2 N–H and O–H groups in total. The van der Waals surface area contributed by atoms with Crippen LogP contribution in [0, 0.1) is 0 Å². The Balaban J connectivity index is 2.06. The average Bonchev–Trinajstić information content (AvgIpc) is 3.38. The Morgan fingerprint density at radius 3 is 2.37 bits per heavy atom. The van der Waals surface area contributed by atoms with Gasteiger partial charge in [-0.25, -0.2) is 0 Å². The van der Waals surface area contributed by atoms with Crippen molar-refractivity contribution in [2.45, 2.75) is 55.5 Å². The summed E-state index contributed by atoms with van der Waals surface area (Å²) in [5, 5.41) is 8.17. The van der Waals surface area contributed by atoms with Gasteiger partial charge in [0.25, 0.3) is 0 Å². The zero-order valence-electron chi connectivity index (χ0n) is 20.5. The van der Waals surface area contributed by atoms with Gasteiger partial charge in [0.1, 0.15) is 29.9 Å². The van der Waals surface area contributed by atoms with Crippen LogP contribution in [0.3, 0.4) is 0 Å². The number of nitrogens with zero attached hydrogens (tertiary/aromatic N) is 2. The van der Waals surface area contributed by atoms with Gasteiger partial charge >= 0.3 is 17.9 Å². The van der Waals surface area contributed by atoms with Crippen molar-refractivity contribution < 1.29 is 33.3 Å². The summed E-state index contributed by atoms with van der Waals surface area (Å²) in [5.74, 6) is 3.80. The summed E-state index contributed by atoms with van der Waals surface area (Å²) in [6.07, 6.45) is -1.66. The van der Waals surface area contributed by atoms with Crippen molar-refractivity contribution in [3.63, 3.8) is 0 Å². The molecular formula is C24H25Cl2N3O7S2. The molecule has 204 valence electrons. The number of rotatable bonds is 9. The Morgan fingerprint density at radius 1 is 1.08 bits per heavy atom. The minimum atomic E-state index is -1.08. The molecule has 0 saturated carbocycles. The molecule has 3 rings (SSSR count). The third-order valence-electron chi connectivity index (χ3n) is 5.14. The molecule has 5 atom stereocenters. The molecule has 1 aromatic heterocycles. The number of carbonyl (C=O) groups excluding carboxylic acids is 3. The lowest BCUT2D eigenvalue weighted by Gasteiger charge is -2.43. The Labute approximate surface area is 237 Å². The van der Waals surface area contributed by atoms with Crippen LogP contribution in [-0.4, -0.2) is 66.2 Å². The van der Waals surface area contributed by atoms with E-state index >= 15 is 0 Å². The monoisotopic (exact) mass is 601 g/mol. The molecule has 2 aromatic rings. The van der Waals surface area contributed by atoms with Crippen LogP contribution >= 0.6 is 46.3 Å². The molecule has 10 nitrogen and oxygen atoms in total. The number of hydrogen-bond acceptors (Lipinski definition) is 12. The fraction of sp³-hybridized carbons (Fsp3) is 0.375. The van der Waals surface area contributed by atoms with Crippen LogP contribution in [0.2, 0.25) is 10.0 Å². The van der Waals surface area contributed by atoms with E-state index in [0.29, 0.717) is 20.7 Å². The number of esters is 3. The van der Waals surface area contributed by atoms with Crippen molar-refractivity contribution in [1.29, 1.82) is 0 Å². The summed E-state index contributed by atoms with van der Waals surface area (Å²) in [4.78, 5) is 41.1. The van der Waals surface area contributed by atoms with E-state index < -0.39 is 47.7 Å². The average molecular weight is 603 g/mol. The summed E-state index contributed by atoms with van der Waals surface area (Å²) >= 11 is 14.9. The van der Waals surface area contributed by atoms with E-state index in [1.165, 1.54) is 50.1 Å². The number of benzene rings is 1. The van der Waals surface area contributed by atoms with Crippen LogP contribution in [0.25, 0.3) is 0 Å². The number of ether oxygens (including phenoxy) is 4. The van der Waals surface area contributed by atoms with Gasteiger partial charge in [0, 0.05) is 36.6 Å². The van der Waals surface area contributed by atoms with Crippen LogP contribution < -0.4 is 5.84 Å². The molecule has 1 fully saturated rings. The molecule has 2 heterocycles. The van der Waals surface area contributed by atoms with Crippen LogP contribution in [0.15, 0.2) is 50.0 Å². The predicted molar refractivity (Wildman–Crippen MR) is 146 cm³/mol. The van der Waals surface area contributed by atoms with E-state index in [2.05, 4.69) is 10.1 Å². The van der Waals surface area contributed by atoms with Gasteiger partial charge in [0.15, 0.2) is 12.2 Å². The molecule has 1 aromatic carbocycles. The maximum absolute atomic E-state index is 12.2. The highest BCUT2D eigenvalue weighted by molar-refractivity contribution is 7.99. The fourth-order valence-electron chi connectivity index (χ4n) is 3.58. The molecule has 1 aliphatic heterocycles. The molecule has 0 spiro atoms. The molecule has 0 bridgehead atoms. The smallest absolute Gasteiger partial charge is 0.303 e. The molecule has 38 heavy (non-hydrogen) atoms. The lowest BCUT2D eigenvalue weighted by Crippen LogP contribution is -2.59. The van der Waals surface area contributed by atoms with Crippen LogP contribution in [-0.2, 0) is 33.3 Å². The molecule has 0 aliphatic carbocycles. The lowest BCUT2D eigenvalue weighted by molar-refractivity contribution is -0.200. The summed E-state index contributed by atoms with van der Waals surface area (Å²) in [6.45, 7) is 3.46. The van der Waals surface area contributed by atoms with E-state index in [1.807, 2.05) is 16.8 Å². The van der Waals surface area contributed by atoms with Gasteiger partial charge in [-0.1, -0.05) is 35.0 Å². The Kier molecular flexibility index (Phi) is 11.0. The van der Waals surface area contributed by atoms with Crippen molar-refractivity contribution >= 4 is 76.1 Å². The van der Waals surface area contributed by atoms with Gasteiger partial charge in [-0.15, -0.1) is 0 Å². The Bertz CT molecular complexity index is 1210. The van der Waals surface area contributed by atoms with Crippen molar-refractivity contribution in [2.75, 3.05) is 6.61 Å². The van der Waals surface area contributed by atoms with E-state index in [-0.39, 0.29) is 6.61 Å². The predicted octanol–water partition coefficient (Wildman–Crippen LogP) is 4.10. The number of thioether (sulfide) groups is 1. The largest absolute Gasteiger partial charge is 0.463 e. The third kappa shape index (κ3) is 8.18. The number of hydrogen-bond donors (Lipinski definition) is 1. The van der Waals surface area contributed by atoms with Crippen molar-refractivity contribution in [2.24, 2.45) is 15.9 Å². The molecule has 1 aliphatic rings. The first kappa shape index (κ1) is 29.9. The SMILES string of the molecule is CC(=O)OCC1O[C@H](Sc2ccc(Cl)c(Cl)c2)C(OC(C)=O)C(N=CC(=NN)c2ccsc2)[C@H]1OC(C)=O. The minimum absolute atomic E-state index is 0.243. The first-order valence-corrected chi connectivity index (χ1v) is 13.8. The second-order valence-corrected chi connectivity index (χ2v) is 10.7. The molecular weight excluding hydrogens is 577 g/mol. The van der Waals surface area contributed by atoms with E-state index in [0.717, 1.165) is 5.56 Å². The molecule has 0 amide bonds. The van der Waals surface area contributed by atoms with Gasteiger partial charge in [0.2, 0.25) is 0 Å². The second kappa shape index (κ2) is 13.9. The van der Waals surface area contributed by atoms with Gasteiger partial charge in [0.05, 0.1) is 16.3 Å². The first-order chi connectivity index (χ1) is 18.1. The molecule has 1 saturated heterocycles. The first-order valence-electron chi connectivity index (χ1n) is 11.2. The minimum Gasteiger partial charge on any atom is -0.463 e. The number of halogens is 2.